The van der Waals surface area contributed by atoms with E-state index in [1.54, 1.807) is 0 Å². The lowest BCUT2D eigenvalue weighted by molar-refractivity contribution is -0.144. The first-order valence-corrected chi connectivity index (χ1v) is 9.03. The number of carbonyl (C=O) groups excluding carboxylic acids is 2. The van der Waals surface area contributed by atoms with Gasteiger partial charge in [-0.05, 0) is 58.1 Å². The van der Waals surface area contributed by atoms with E-state index in [1.807, 2.05) is 45.9 Å². The molecule has 1 atom stereocenters. The summed E-state index contributed by atoms with van der Waals surface area (Å²) in [7, 11) is 1.35. The van der Waals surface area contributed by atoms with E-state index in [-0.39, 0.29) is 0 Å². The second kappa shape index (κ2) is 8.39. The summed E-state index contributed by atoms with van der Waals surface area (Å²) >= 11 is 0. The molecule has 1 aliphatic heterocycles. The van der Waals surface area contributed by atoms with Gasteiger partial charge in [-0.2, -0.15) is 0 Å². The molecule has 0 N–H and O–H groups in total. The first kappa shape index (κ1) is 20.0. The molecule has 142 valence electrons. The third-order valence-electron chi connectivity index (χ3n) is 4.40. The molecule has 0 aliphatic carbocycles. The van der Waals surface area contributed by atoms with Crippen LogP contribution in [0.4, 0.5) is 4.79 Å². The van der Waals surface area contributed by atoms with Gasteiger partial charge in [0.1, 0.15) is 5.60 Å². The Morgan fingerprint density at radius 3 is 2.38 bits per heavy atom. The minimum atomic E-state index is -0.689. The lowest BCUT2D eigenvalue weighted by Gasteiger charge is -2.28. The van der Waals surface area contributed by atoms with Crippen molar-refractivity contribution in [3.05, 3.63) is 47.0 Å². The highest BCUT2D eigenvalue weighted by molar-refractivity contribution is 5.86. The fourth-order valence-corrected chi connectivity index (χ4v) is 3.22. The molecule has 0 aromatic heterocycles. The first-order chi connectivity index (χ1) is 12.2. The van der Waals surface area contributed by atoms with E-state index in [4.69, 9.17) is 9.47 Å². The number of nitrogens with zero attached hydrogens (tertiary/aromatic N) is 1. The number of ether oxygens (including phenoxy) is 2. The molecule has 0 saturated heterocycles. The summed E-state index contributed by atoms with van der Waals surface area (Å²) in [5, 5.41) is 0. The van der Waals surface area contributed by atoms with Gasteiger partial charge in [0.2, 0.25) is 0 Å². The first-order valence-electron chi connectivity index (χ1n) is 9.03. The van der Waals surface area contributed by atoms with Gasteiger partial charge in [0.15, 0.2) is 6.04 Å². The molecule has 5 heteroatoms. The molecule has 2 rings (SSSR count). The van der Waals surface area contributed by atoms with E-state index in [0.717, 1.165) is 30.4 Å². The average Bonchev–Trinajstić information content (AvgIpc) is 2.91. The van der Waals surface area contributed by atoms with Crippen molar-refractivity contribution < 1.29 is 19.1 Å². The van der Waals surface area contributed by atoms with E-state index in [9.17, 15) is 9.59 Å². The number of aryl methyl sites for hydroxylation is 1. The molecule has 0 unspecified atom stereocenters. The van der Waals surface area contributed by atoms with Crippen molar-refractivity contribution in [2.45, 2.75) is 58.6 Å². The van der Waals surface area contributed by atoms with Crippen LogP contribution in [0.3, 0.4) is 0 Å². The number of carbonyl (C=O) groups is 2. The van der Waals surface area contributed by atoms with Crippen LogP contribution in [0.25, 0.3) is 0 Å². The van der Waals surface area contributed by atoms with E-state index >= 15 is 0 Å². The Balaban J connectivity index is 2.09. The topological polar surface area (TPSA) is 55.8 Å². The number of esters is 1. The number of rotatable bonds is 5. The predicted molar refractivity (Wildman–Crippen MR) is 101 cm³/mol. The lowest BCUT2D eigenvalue weighted by atomic mass is 9.97. The van der Waals surface area contributed by atoms with Gasteiger partial charge in [-0.25, -0.2) is 9.59 Å². The van der Waals surface area contributed by atoms with Crippen molar-refractivity contribution in [3.63, 3.8) is 0 Å². The average molecular weight is 359 g/mol. The summed E-state index contributed by atoms with van der Waals surface area (Å²) in [4.78, 5) is 26.4. The van der Waals surface area contributed by atoms with Crippen LogP contribution in [0.2, 0.25) is 0 Å². The zero-order valence-corrected chi connectivity index (χ0v) is 16.4. The van der Waals surface area contributed by atoms with Crippen LogP contribution in [-0.2, 0) is 20.7 Å². The quantitative estimate of drug-likeness (QED) is 0.586. The van der Waals surface area contributed by atoms with Crippen LogP contribution >= 0.6 is 0 Å². The lowest BCUT2D eigenvalue weighted by Crippen LogP contribution is -2.45. The molecule has 1 heterocycles. The van der Waals surface area contributed by atoms with E-state index in [2.05, 4.69) is 12.1 Å². The number of amides is 1. The van der Waals surface area contributed by atoms with Gasteiger partial charge in [0.05, 0.1) is 7.11 Å². The standard InChI is InChI=1S/C21H29NO4/c1-15-14-22(20(24)26-21(2,3)4)18(19(23)25-5)17(15)13-9-12-16-10-7-6-8-11-16/h6-8,10-11,18H,9,12-14H2,1-5H3/t18-/m0/s1. The minimum Gasteiger partial charge on any atom is -0.467 e. The van der Waals surface area contributed by atoms with Crippen LogP contribution in [0.15, 0.2) is 41.5 Å². The zero-order chi connectivity index (χ0) is 19.3. The largest absolute Gasteiger partial charge is 0.467 e. The summed E-state index contributed by atoms with van der Waals surface area (Å²) in [6.07, 6.45) is 2.11. The molecule has 0 saturated carbocycles. The van der Waals surface area contributed by atoms with Gasteiger partial charge in [-0.1, -0.05) is 35.9 Å². The van der Waals surface area contributed by atoms with Crippen LogP contribution in [0.1, 0.15) is 46.1 Å². The molecule has 0 radical (unpaired) electrons. The van der Waals surface area contributed by atoms with Gasteiger partial charge in [-0.15, -0.1) is 0 Å². The SMILES string of the molecule is COC(=O)[C@@H]1C(CCCc2ccccc2)=C(C)CN1C(=O)OC(C)(C)C. The molecule has 0 spiro atoms. The maximum Gasteiger partial charge on any atom is 0.411 e. The Morgan fingerprint density at radius 1 is 1.15 bits per heavy atom. The van der Waals surface area contributed by atoms with Gasteiger partial charge in [-0.3, -0.25) is 4.90 Å². The van der Waals surface area contributed by atoms with E-state index < -0.39 is 23.7 Å². The fourth-order valence-electron chi connectivity index (χ4n) is 3.22. The maximum absolute atomic E-state index is 12.5. The number of methoxy groups -OCH3 is 1. The molecule has 26 heavy (non-hydrogen) atoms. The Morgan fingerprint density at radius 2 is 1.81 bits per heavy atom. The Hall–Kier alpha value is -2.30. The highest BCUT2D eigenvalue weighted by Crippen LogP contribution is 2.31. The second-order valence-corrected chi connectivity index (χ2v) is 7.68. The molecule has 1 aromatic carbocycles. The van der Waals surface area contributed by atoms with Crippen LogP contribution < -0.4 is 0 Å². The number of benzene rings is 1. The summed E-state index contributed by atoms with van der Waals surface area (Å²) in [5.41, 5.74) is 2.67. The molecule has 1 aromatic rings. The molecule has 1 amide bonds. The van der Waals surface area contributed by atoms with Crippen molar-refractivity contribution in [2.24, 2.45) is 0 Å². The highest BCUT2D eigenvalue weighted by atomic mass is 16.6. The molecule has 5 nitrogen and oxygen atoms in total. The van der Waals surface area contributed by atoms with Crippen molar-refractivity contribution in [3.8, 4) is 0 Å². The zero-order valence-electron chi connectivity index (χ0n) is 16.4. The Kier molecular flexibility index (Phi) is 6.46. The van der Waals surface area contributed by atoms with Crippen molar-refractivity contribution >= 4 is 12.1 Å². The Labute approximate surface area is 156 Å². The molecule has 1 aliphatic rings. The van der Waals surface area contributed by atoms with E-state index in [0.29, 0.717) is 6.54 Å². The van der Waals surface area contributed by atoms with Gasteiger partial charge < -0.3 is 9.47 Å². The summed E-state index contributed by atoms with van der Waals surface area (Å²) < 4.78 is 10.4. The van der Waals surface area contributed by atoms with Crippen LogP contribution in [-0.4, -0.2) is 42.3 Å². The summed E-state index contributed by atoms with van der Waals surface area (Å²) in [5.74, 6) is -0.414. The van der Waals surface area contributed by atoms with Gasteiger partial charge in [0.25, 0.3) is 0 Å². The number of hydrogen-bond donors (Lipinski definition) is 0. The summed E-state index contributed by atoms with van der Waals surface area (Å²) in [6.45, 7) is 7.81. The van der Waals surface area contributed by atoms with Crippen molar-refractivity contribution in [2.75, 3.05) is 13.7 Å². The molecular weight excluding hydrogens is 330 g/mol. The smallest absolute Gasteiger partial charge is 0.411 e. The highest BCUT2D eigenvalue weighted by Gasteiger charge is 2.41. The van der Waals surface area contributed by atoms with Crippen LogP contribution in [0, 0.1) is 0 Å². The molecular formula is C21H29NO4. The second-order valence-electron chi connectivity index (χ2n) is 7.68. The molecule has 0 fully saturated rings. The molecule has 0 bridgehead atoms. The van der Waals surface area contributed by atoms with Gasteiger partial charge >= 0.3 is 12.1 Å². The predicted octanol–water partition coefficient (Wildman–Crippen LogP) is 4.12. The maximum atomic E-state index is 12.5. The monoisotopic (exact) mass is 359 g/mol. The number of hydrogen-bond acceptors (Lipinski definition) is 4. The van der Waals surface area contributed by atoms with Crippen LogP contribution in [0.5, 0.6) is 0 Å². The van der Waals surface area contributed by atoms with Gasteiger partial charge in [0, 0.05) is 6.54 Å². The minimum absolute atomic E-state index is 0.398. The van der Waals surface area contributed by atoms with E-state index in [1.165, 1.54) is 17.6 Å². The Bertz CT molecular complexity index is 673. The normalized spacial score (nSPS) is 17.4. The third kappa shape index (κ3) is 5.10. The van der Waals surface area contributed by atoms with Crippen molar-refractivity contribution in [1.82, 2.24) is 4.90 Å². The summed E-state index contributed by atoms with van der Waals surface area (Å²) in [6, 6.07) is 9.56. The van der Waals surface area contributed by atoms with Crippen molar-refractivity contribution in [1.29, 1.82) is 0 Å². The third-order valence-corrected chi connectivity index (χ3v) is 4.40. The fraction of sp³-hybridized carbons (Fsp3) is 0.524.